The molecule has 0 fully saturated rings. The molecule has 1 unspecified atom stereocenters. The molecule has 0 bridgehead atoms. The number of furan rings is 1. The van der Waals surface area contributed by atoms with Gasteiger partial charge in [-0.25, -0.2) is 0 Å². The zero-order valence-corrected chi connectivity index (χ0v) is 10.6. The Morgan fingerprint density at radius 2 is 2.35 bits per heavy atom. The van der Waals surface area contributed by atoms with Crippen LogP contribution in [0.15, 0.2) is 29.0 Å². The SMILES string of the molecule is CCCNC(c1coc(C)c1)c1ccn(C)n1. The molecule has 2 aromatic rings. The van der Waals surface area contributed by atoms with Crippen LogP contribution in [0.1, 0.15) is 36.4 Å². The Morgan fingerprint density at radius 1 is 1.53 bits per heavy atom. The Hall–Kier alpha value is -1.55. The highest BCUT2D eigenvalue weighted by Crippen LogP contribution is 2.22. The van der Waals surface area contributed by atoms with Gasteiger partial charge in [-0.15, -0.1) is 0 Å². The van der Waals surface area contributed by atoms with Crippen molar-refractivity contribution in [1.29, 1.82) is 0 Å². The van der Waals surface area contributed by atoms with Gasteiger partial charge in [-0.3, -0.25) is 4.68 Å². The van der Waals surface area contributed by atoms with E-state index in [0.29, 0.717) is 0 Å². The summed E-state index contributed by atoms with van der Waals surface area (Å²) in [6.07, 6.45) is 4.86. The molecule has 2 rings (SSSR count). The van der Waals surface area contributed by atoms with E-state index < -0.39 is 0 Å². The van der Waals surface area contributed by atoms with Gasteiger partial charge in [0.15, 0.2) is 0 Å². The molecule has 92 valence electrons. The molecular formula is C13H19N3O. The summed E-state index contributed by atoms with van der Waals surface area (Å²) in [4.78, 5) is 0. The van der Waals surface area contributed by atoms with Crippen molar-refractivity contribution in [2.24, 2.45) is 7.05 Å². The number of hydrogen-bond acceptors (Lipinski definition) is 3. The molecular weight excluding hydrogens is 214 g/mol. The Kier molecular flexibility index (Phi) is 3.64. The molecule has 4 heteroatoms. The van der Waals surface area contributed by atoms with E-state index >= 15 is 0 Å². The maximum absolute atomic E-state index is 5.38. The Balaban J connectivity index is 2.24. The van der Waals surface area contributed by atoms with Crippen LogP contribution in [0.2, 0.25) is 0 Å². The molecule has 1 atom stereocenters. The van der Waals surface area contributed by atoms with Gasteiger partial charge in [0, 0.05) is 18.8 Å². The average molecular weight is 233 g/mol. The summed E-state index contributed by atoms with van der Waals surface area (Å²) in [6.45, 7) is 5.08. The first kappa shape index (κ1) is 11.9. The van der Waals surface area contributed by atoms with E-state index in [1.807, 2.05) is 30.9 Å². The van der Waals surface area contributed by atoms with Crippen molar-refractivity contribution >= 4 is 0 Å². The molecule has 0 aliphatic heterocycles. The highest BCUT2D eigenvalue weighted by molar-refractivity contribution is 5.25. The number of rotatable bonds is 5. The third-order valence-corrected chi connectivity index (χ3v) is 2.71. The lowest BCUT2D eigenvalue weighted by Gasteiger charge is -2.14. The second-order valence-corrected chi connectivity index (χ2v) is 4.29. The number of nitrogens with zero attached hydrogens (tertiary/aromatic N) is 2. The largest absolute Gasteiger partial charge is 0.469 e. The van der Waals surface area contributed by atoms with Gasteiger partial charge >= 0.3 is 0 Å². The van der Waals surface area contributed by atoms with Gasteiger partial charge in [0.2, 0.25) is 0 Å². The van der Waals surface area contributed by atoms with Crippen LogP contribution in [0, 0.1) is 6.92 Å². The first-order valence-corrected chi connectivity index (χ1v) is 5.98. The van der Waals surface area contributed by atoms with Gasteiger partial charge in [0.25, 0.3) is 0 Å². The van der Waals surface area contributed by atoms with Gasteiger partial charge < -0.3 is 9.73 Å². The highest BCUT2D eigenvalue weighted by Gasteiger charge is 2.17. The maximum Gasteiger partial charge on any atom is 0.101 e. The van der Waals surface area contributed by atoms with Crippen LogP contribution in [0.3, 0.4) is 0 Å². The summed E-state index contributed by atoms with van der Waals surface area (Å²) in [5, 5.41) is 7.95. The first-order chi connectivity index (χ1) is 8.20. The molecule has 2 aromatic heterocycles. The van der Waals surface area contributed by atoms with Crippen LogP contribution in [-0.4, -0.2) is 16.3 Å². The lowest BCUT2D eigenvalue weighted by Crippen LogP contribution is -2.23. The van der Waals surface area contributed by atoms with Crippen LogP contribution in [0.4, 0.5) is 0 Å². The smallest absolute Gasteiger partial charge is 0.101 e. The lowest BCUT2D eigenvalue weighted by molar-refractivity contribution is 0.521. The van der Waals surface area contributed by atoms with E-state index in [1.165, 1.54) is 0 Å². The van der Waals surface area contributed by atoms with E-state index in [0.717, 1.165) is 30.0 Å². The summed E-state index contributed by atoms with van der Waals surface area (Å²) < 4.78 is 7.20. The topological polar surface area (TPSA) is 43.0 Å². The normalized spacial score (nSPS) is 12.9. The van der Waals surface area contributed by atoms with Gasteiger partial charge in [-0.05, 0) is 32.0 Å². The number of nitrogens with one attached hydrogen (secondary N) is 1. The summed E-state index contributed by atoms with van der Waals surface area (Å²) in [5.74, 6) is 0.930. The Labute approximate surface area is 102 Å². The molecule has 17 heavy (non-hydrogen) atoms. The average Bonchev–Trinajstić information content (AvgIpc) is 2.89. The van der Waals surface area contributed by atoms with Crippen LogP contribution in [0.25, 0.3) is 0 Å². The maximum atomic E-state index is 5.38. The van der Waals surface area contributed by atoms with E-state index in [-0.39, 0.29) is 6.04 Å². The Morgan fingerprint density at radius 3 is 2.88 bits per heavy atom. The minimum atomic E-state index is 0.119. The molecule has 0 aliphatic carbocycles. The predicted molar refractivity (Wildman–Crippen MR) is 66.8 cm³/mol. The van der Waals surface area contributed by atoms with Crippen LogP contribution in [0.5, 0.6) is 0 Å². The second-order valence-electron chi connectivity index (χ2n) is 4.29. The zero-order chi connectivity index (χ0) is 12.3. The number of hydrogen-bond donors (Lipinski definition) is 1. The standard InChI is InChI=1S/C13H19N3O/c1-4-6-14-13(11-8-10(2)17-9-11)12-5-7-16(3)15-12/h5,7-9,13-14H,4,6H2,1-3H3. The van der Waals surface area contributed by atoms with Crippen molar-refractivity contribution in [3.05, 3.63) is 41.6 Å². The van der Waals surface area contributed by atoms with Crippen LogP contribution < -0.4 is 5.32 Å². The summed E-state index contributed by atoms with van der Waals surface area (Å²) in [7, 11) is 1.93. The molecule has 0 saturated heterocycles. The minimum Gasteiger partial charge on any atom is -0.469 e. The fourth-order valence-electron chi connectivity index (χ4n) is 1.88. The van der Waals surface area contributed by atoms with Crippen LogP contribution >= 0.6 is 0 Å². The fraction of sp³-hybridized carbons (Fsp3) is 0.462. The van der Waals surface area contributed by atoms with E-state index in [9.17, 15) is 0 Å². The molecule has 2 heterocycles. The predicted octanol–water partition coefficient (Wildman–Crippen LogP) is 2.41. The van der Waals surface area contributed by atoms with Gasteiger partial charge in [-0.2, -0.15) is 5.10 Å². The molecule has 1 N–H and O–H groups in total. The van der Waals surface area contributed by atoms with Crippen molar-refractivity contribution in [2.45, 2.75) is 26.3 Å². The third-order valence-electron chi connectivity index (χ3n) is 2.71. The second kappa shape index (κ2) is 5.19. The quantitative estimate of drug-likeness (QED) is 0.862. The first-order valence-electron chi connectivity index (χ1n) is 5.98. The van der Waals surface area contributed by atoms with Gasteiger partial charge in [0.1, 0.15) is 5.76 Å². The van der Waals surface area contributed by atoms with Crippen molar-refractivity contribution in [1.82, 2.24) is 15.1 Å². The van der Waals surface area contributed by atoms with E-state index in [2.05, 4.69) is 23.4 Å². The summed E-state index contributed by atoms with van der Waals surface area (Å²) in [6, 6.07) is 4.21. The Bertz CT molecular complexity index is 432. The van der Waals surface area contributed by atoms with Crippen LogP contribution in [-0.2, 0) is 7.05 Å². The lowest BCUT2D eigenvalue weighted by atomic mass is 10.1. The van der Waals surface area contributed by atoms with E-state index in [4.69, 9.17) is 4.42 Å². The summed E-state index contributed by atoms with van der Waals surface area (Å²) in [5.41, 5.74) is 2.16. The molecule has 0 aromatic carbocycles. The van der Waals surface area contributed by atoms with Crippen molar-refractivity contribution in [2.75, 3.05) is 6.54 Å². The third kappa shape index (κ3) is 2.77. The number of aryl methyl sites for hydroxylation is 2. The molecule has 4 nitrogen and oxygen atoms in total. The molecule has 0 aliphatic rings. The highest BCUT2D eigenvalue weighted by atomic mass is 16.3. The molecule has 0 amide bonds. The molecule has 0 spiro atoms. The fourth-order valence-corrected chi connectivity index (χ4v) is 1.88. The monoisotopic (exact) mass is 233 g/mol. The van der Waals surface area contributed by atoms with E-state index in [1.54, 1.807) is 6.26 Å². The van der Waals surface area contributed by atoms with Gasteiger partial charge in [-0.1, -0.05) is 6.92 Å². The van der Waals surface area contributed by atoms with Crippen molar-refractivity contribution in [3.63, 3.8) is 0 Å². The van der Waals surface area contributed by atoms with Crippen molar-refractivity contribution in [3.8, 4) is 0 Å². The van der Waals surface area contributed by atoms with Gasteiger partial charge in [0.05, 0.1) is 18.0 Å². The molecule has 0 saturated carbocycles. The minimum absolute atomic E-state index is 0.119. The zero-order valence-electron chi connectivity index (χ0n) is 10.6. The van der Waals surface area contributed by atoms with Crippen molar-refractivity contribution < 1.29 is 4.42 Å². The summed E-state index contributed by atoms with van der Waals surface area (Å²) >= 11 is 0. The molecule has 0 radical (unpaired) electrons. The number of aromatic nitrogens is 2.